The monoisotopic (exact) mass is 452 g/mol. The number of hydrogen-bond acceptors (Lipinski definition) is 2. The van der Waals surface area contributed by atoms with Gasteiger partial charge in [-0.3, -0.25) is 0 Å². The number of rotatable bonds is 10. The first-order valence-electron chi connectivity index (χ1n) is 13.5. The summed E-state index contributed by atoms with van der Waals surface area (Å²) in [6.45, 7) is 23.5. The van der Waals surface area contributed by atoms with Crippen LogP contribution in [0, 0.1) is 22.7 Å². The van der Waals surface area contributed by atoms with E-state index in [0.29, 0.717) is 16.9 Å². The molecule has 0 saturated heterocycles. The van der Waals surface area contributed by atoms with Gasteiger partial charge in [0.2, 0.25) is 0 Å². The zero-order valence-electron chi connectivity index (χ0n) is 22.9. The van der Waals surface area contributed by atoms with Crippen LogP contribution >= 0.6 is 0 Å². The minimum atomic E-state index is -1.74. The lowest BCUT2D eigenvalue weighted by Gasteiger charge is -2.52. The summed E-state index contributed by atoms with van der Waals surface area (Å²) in [5.41, 5.74) is 0.271. The SMILES string of the molecule is CCCCC(C)(CCCC(C)(C)O)[C@H]1CC[C@H]2[C@@H](O[Si](C)(C)C(C)(C)C)CCC[C@]12C. The zero-order valence-corrected chi connectivity index (χ0v) is 23.9. The Kier molecular flexibility index (Phi) is 8.64. The van der Waals surface area contributed by atoms with Gasteiger partial charge in [0.05, 0.1) is 5.60 Å². The van der Waals surface area contributed by atoms with Gasteiger partial charge in [-0.25, -0.2) is 0 Å². The molecule has 2 fully saturated rings. The van der Waals surface area contributed by atoms with Crippen LogP contribution in [0.1, 0.15) is 126 Å². The summed E-state index contributed by atoms with van der Waals surface area (Å²) in [5.74, 6) is 1.53. The number of hydrogen-bond donors (Lipinski definition) is 1. The van der Waals surface area contributed by atoms with Gasteiger partial charge in [0, 0.05) is 6.10 Å². The first-order valence-corrected chi connectivity index (χ1v) is 16.4. The van der Waals surface area contributed by atoms with Gasteiger partial charge in [-0.05, 0) is 99.6 Å². The maximum atomic E-state index is 10.3. The molecule has 0 aromatic heterocycles. The van der Waals surface area contributed by atoms with Crippen molar-refractivity contribution in [3.05, 3.63) is 0 Å². The van der Waals surface area contributed by atoms with Crippen molar-refractivity contribution in [2.24, 2.45) is 22.7 Å². The minimum Gasteiger partial charge on any atom is -0.414 e. The second-order valence-corrected chi connectivity index (χ2v) is 18.7. The summed E-state index contributed by atoms with van der Waals surface area (Å²) in [6.07, 6.45) is 14.5. The van der Waals surface area contributed by atoms with Crippen LogP contribution in [0.15, 0.2) is 0 Å². The van der Waals surface area contributed by atoms with Crippen molar-refractivity contribution in [1.29, 1.82) is 0 Å². The van der Waals surface area contributed by atoms with Crippen molar-refractivity contribution in [2.45, 2.75) is 156 Å². The summed E-state index contributed by atoms with van der Waals surface area (Å²) in [6, 6.07) is 0. The van der Waals surface area contributed by atoms with Crippen molar-refractivity contribution in [2.75, 3.05) is 0 Å². The summed E-state index contributed by atoms with van der Waals surface area (Å²) in [4.78, 5) is 0. The molecule has 0 amide bonds. The Balaban J connectivity index is 2.22. The fourth-order valence-electron chi connectivity index (χ4n) is 6.94. The van der Waals surface area contributed by atoms with Gasteiger partial charge in [-0.15, -0.1) is 0 Å². The zero-order chi connectivity index (χ0) is 23.7. The molecule has 3 heteroatoms. The minimum absolute atomic E-state index is 0.283. The molecule has 0 aromatic carbocycles. The van der Waals surface area contributed by atoms with E-state index in [2.05, 4.69) is 54.6 Å². The van der Waals surface area contributed by atoms with Crippen LogP contribution in [0.3, 0.4) is 0 Å². The molecule has 0 spiro atoms. The first kappa shape index (κ1) is 27.4. The van der Waals surface area contributed by atoms with E-state index in [1.165, 1.54) is 57.8 Å². The molecule has 2 aliphatic carbocycles. The number of unbranched alkanes of at least 4 members (excludes halogenated alkanes) is 1. The van der Waals surface area contributed by atoms with Crippen molar-refractivity contribution in [1.82, 2.24) is 0 Å². The second kappa shape index (κ2) is 9.78. The van der Waals surface area contributed by atoms with E-state index in [4.69, 9.17) is 4.43 Å². The van der Waals surface area contributed by atoms with E-state index < -0.39 is 13.9 Å². The Hall–Kier alpha value is 0.137. The molecule has 0 bridgehead atoms. The summed E-state index contributed by atoms with van der Waals surface area (Å²) in [7, 11) is -1.74. The lowest BCUT2D eigenvalue weighted by Crippen LogP contribution is -2.51. The number of fused-ring (bicyclic) bond motifs is 1. The van der Waals surface area contributed by atoms with Crippen LogP contribution in [0.2, 0.25) is 18.1 Å². The average molecular weight is 453 g/mol. The molecule has 2 rings (SSSR count). The Bertz CT molecular complexity index is 573. The van der Waals surface area contributed by atoms with Crippen LogP contribution in [-0.4, -0.2) is 25.1 Å². The molecule has 31 heavy (non-hydrogen) atoms. The molecular formula is C28H56O2Si. The van der Waals surface area contributed by atoms with Gasteiger partial charge in [0.1, 0.15) is 0 Å². The smallest absolute Gasteiger partial charge is 0.192 e. The molecule has 1 N–H and O–H groups in total. The first-order chi connectivity index (χ1) is 14.1. The van der Waals surface area contributed by atoms with Crippen LogP contribution in [0.4, 0.5) is 0 Å². The van der Waals surface area contributed by atoms with E-state index in [9.17, 15) is 5.11 Å². The average Bonchev–Trinajstić information content (AvgIpc) is 2.96. The van der Waals surface area contributed by atoms with Crippen molar-refractivity contribution in [3.8, 4) is 0 Å². The van der Waals surface area contributed by atoms with Crippen LogP contribution in [-0.2, 0) is 4.43 Å². The Morgan fingerprint density at radius 3 is 2.10 bits per heavy atom. The second-order valence-electron chi connectivity index (χ2n) is 14.0. The van der Waals surface area contributed by atoms with Crippen molar-refractivity contribution in [3.63, 3.8) is 0 Å². The third kappa shape index (κ3) is 6.38. The van der Waals surface area contributed by atoms with E-state index in [0.717, 1.165) is 24.7 Å². The maximum absolute atomic E-state index is 10.3. The molecule has 0 heterocycles. The predicted molar refractivity (Wildman–Crippen MR) is 138 cm³/mol. The number of aliphatic hydroxyl groups is 1. The standard InChI is InChI=1S/C28H56O2Si/c1-11-12-19-27(7,20-14-18-26(5,6)29)24-17-16-22-23(15-13-21-28(22,24)8)30-31(9,10)25(2,3)4/h22-24,29H,11-21H2,1-10H3/t22-,23-,24+,27?,28-/m0/s1. The molecule has 0 radical (unpaired) electrons. The fraction of sp³-hybridized carbons (Fsp3) is 1.00. The van der Waals surface area contributed by atoms with Gasteiger partial charge in [-0.1, -0.05) is 67.2 Å². The molecule has 5 atom stereocenters. The molecule has 2 nitrogen and oxygen atoms in total. The molecule has 0 aliphatic heterocycles. The Labute approximate surface area is 196 Å². The van der Waals surface area contributed by atoms with Crippen LogP contribution in [0.25, 0.3) is 0 Å². The lowest BCUT2D eigenvalue weighted by atomic mass is 9.55. The predicted octanol–water partition coefficient (Wildman–Crippen LogP) is 8.73. The van der Waals surface area contributed by atoms with E-state index in [-0.39, 0.29) is 5.04 Å². The normalized spacial score (nSPS) is 32.0. The van der Waals surface area contributed by atoms with Crippen LogP contribution < -0.4 is 0 Å². The molecule has 2 aliphatic rings. The molecule has 2 saturated carbocycles. The summed E-state index contributed by atoms with van der Waals surface area (Å²) in [5, 5.41) is 10.6. The van der Waals surface area contributed by atoms with E-state index in [1.807, 2.05) is 13.8 Å². The van der Waals surface area contributed by atoms with Crippen molar-refractivity contribution >= 4 is 8.32 Å². The Morgan fingerprint density at radius 1 is 0.935 bits per heavy atom. The highest BCUT2D eigenvalue weighted by atomic mass is 28.4. The van der Waals surface area contributed by atoms with Crippen molar-refractivity contribution < 1.29 is 9.53 Å². The van der Waals surface area contributed by atoms with E-state index in [1.54, 1.807) is 0 Å². The molecule has 184 valence electrons. The van der Waals surface area contributed by atoms with Gasteiger partial charge in [0.25, 0.3) is 0 Å². The van der Waals surface area contributed by atoms with Crippen LogP contribution in [0.5, 0.6) is 0 Å². The van der Waals surface area contributed by atoms with Gasteiger partial charge >= 0.3 is 0 Å². The molecule has 1 unspecified atom stereocenters. The summed E-state index contributed by atoms with van der Waals surface area (Å²) < 4.78 is 7.10. The topological polar surface area (TPSA) is 29.5 Å². The highest BCUT2D eigenvalue weighted by Gasteiger charge is 2.57. The van der Waals surface area contributed by atoms with E-state index >= 15 is 0 Å². The maximum Gasteiger partial charge on any atom is 0.192 e. The highest BCUT2D eigenvalue weighted by molar-refractivity contribution is 6.74. The lowest BCUT2D eigenvalue weighted by molar-refractivity contribution is -0.0484. The molecular weight excluding hydrogens is 396 g/mol. The molecule has 0 aromatic rings. The van der Waals surface area contributed by atoms with Gasteiger partial charge < -0.3 is 9.53 Å². The largest absolute Gasteiger partial charge is 0.414 e. The third-order valence-electron chi connectivity index (χ3n) is 9.79. The van der Waals surface area contributed by atoms with Gasteiger partial charge in [0.15, 0.2) is 8.32 Å². The third-order valence-corrected chi connectivity index (χ3v) is 14.3. The quantitative estimate of drug-likeness (QED) is 0.336. The van der Waals surface area contributed by atoms with Gasteiger partial charge in [-0.2, -0.15) is 0 Å². The highest BCUT2D eigenvalue weighted by Crippen LogP contribution is 2.63. The Morgan fingerprint density at radius 2 is 1.55 bits per heavy atom. The fourth-order valence-corrected chi connectivity index (χ4v) is 8.33. The summed E-state index contributed by atoms with van der Waals surface area (Å²) >= 11 is 0.